The van der Waals surface area contributed by atoms with Gasteiger partial charge in [0.2, 0.25) is 5.82 Å². The number of anilines is 1. The van der Waals surface area contributed by atoms with E-state index in [1.165, 1.54) is 0 Å². The molecule has 29 heavy (non-hydrogen) atoms. The molecule has 2 N–H and O–H groups in total. The summed E-state index contributed by atoms with van der Waals surface area (Å²) in [6.07, 6.45) is -4.76. The highest BCUT2D eigenvalue weighted by atomic mass is 19.4. The van der Waals surface area contributed by atoms with Gasteiger partial charge in [-0.2, -0.15) is 13.2 Å². The molecule has 0 radical (unpaired) electrons. The Hall–Kier alpha value is -3.25. The number of aryl methyl sites for hydroxylation is 1. The summed E-state index contributed by atoms with van der Waals surface area (Å²) in [5.41, 5.74) is -0.389. The maximum absolute atomic E-state index is 13.8. The summed E-state index contributed by atoms with van der Waals surface area (Å²) in [6, 6.07) is -1.80. The smallest absolute Gasteiger partial charge is 0.410 e. The van der Waals surface area contributed by atoms with Crippen LogP contribution in [0.15, 0.2) is 12.1 Å². The largest absolute Gasteiger partial charge is 0.488 e. The van der Waals surface area contributed by atoms with Crippen LogP contribution in [0.4, 0.5) is 27.6 Å². The van der Waals surface area contributed by atoms with E-state index in [4.69, 9.17) is 4.74 Å². The molecule has 2 aliphatic rings. The summed E-state index contributed by atoms with van der Waals surface area (Å²) in [5, 5.41) is 8.01. The Labute approximate surface area is 159 Å². The van der Waals surface area contributed by atoms with Gasteiger partial charge in [-0.05, 0) is 6.42 Å². The number of carbonyl (C=O) groups excluding carboxylic acids is 2. The number of nitrogens with zero attached hydrogens (tertiary/aromatic N) is 3. The number of nitrogens with one attached hydrogen (secondary N) is 2. The predicted octanol–water partition coefficient (Wildman–Crippen LogP) is 1.74. The van der Waals surface area contributed by atoms with Crippen molar-refractivity contribution < 1.29 is 36.3 Å². The summed E-state index contributed by atoms with van der Waals surface area (Å²) < 4.78 is 71.9. The standard InChI is InChI=1S/C16H12F5N5O3/c17-6-3-7(18)12-9(4-6)29-5-8(14(27)24-12)22-15(28)13-23-11-2-1-10(16(19,20)21)26(11)25-13/h3-4,8,10H,1-2,5H2,(H,22,28)(H,24,27)/t8-,10?/m0/s1. The van der Waals surface area contributed by atoms with Gasteiger partial charge in [-0.25, -0.2) is 18.4 Å². The second-order valence-electron chi connectivity index (χ2n) is 6.48. The molecule has 2 amide bonds. The van der Waals surface area contributed by atoms with E-state index in [9.17, 15) is 31.5 Å². The molecule has 154 valence electrons. The Morgan fingerprint density at radius 2 is 2.07 bits per heavy atom. The maximum atomic E-state index is 13.8. The first-order valence-corrected chi connectivity index (χ1v) is 8.39. The van der Waals surface area contributed by atoms with Gasteiger partial charge in [0.1, 0.15) is 41.8 Å². The molecule has 2 aliphatic heterocycles. The Balaban J connectivity index is 1.50. The van der Waals surface area contributed by atoms with Crippen molar-refractivity contribution in [3.8, 4) is 5.75 Å². The van der Waals surface area contributed by atoms with Gasteiger partial charge in [0, 0.05) is 18.6 Å². The zero-order chi connectivity index (χ0) is 20.9. The van der Waals surface area contributed by atoms with Crippen LogP contribution in [0.5, 0.6) is 5.75 Å². The normalized spacial score (nSPS) is 20.9. The average molecular weight is 417 g/mol. The lowest BCUT2D eigenvalue weighted by Gasteiger charge is -2.15. The Morgan fingerprint density at radius 3 is 2.79 bits per heavy atom. The van der Waals surface area contributed by atoms with Crippen molar-refractivity contribution in [1.29, 1.82) is 0 Å². The van der Waals surface area contributed by atoms with Crippen LogP contribution in [0.2, 0.25) is 0 Å². The Morgan fingerprint density at radius 1 is 1.31 bits per heavy atom. The molecule has 0 fully saturated rings. The van der Waals surface area contributed by atoms with Gasteiger partial charge in [0.25, 0.3) is 11.8 Å². The van der Waals surface area contributed by atoms with E-state index in [1.807, 2.05) is 0 Å². The molecule has 1 aromatic heterocycles. The molecule has 1 unspecified atom stereocenters. The number of aromatic nitrogens is 3. The number of ether oxygens (including phenoxy) is 1. The second-order valence-corrected chi connectivity index (χ2v) is 6.48. The molecule has 4 rings (SSSR count). The highest BCUT2D eigenvalue weighted by Crippen LogP contribution is 2.38. The number of carbonyl (C=O) groups is 2. The average Bonchev–Trinajstić information content (AvgIpc) is 3.16. The van der Waals surface area contributed by atoms with Crippen LogP contribution < -0.4 is 15.4 Å². The minimum atomic E-state index is -4.53. The minimum absolute atomic E-state index is 0.00235. The molecule has 2 aromatic rings. The van der Waals surface area contributed by atoms with Gasteiger partial charge in [-0.3, -0.25) is 9.59 Å². The molecule has 2 atom stereocenters. The first-order valence-electron chi connectivity index (χ1n) is 8.39. The van der Waals surface area contributed by atoms with Crippen molar-refractivity contribution in [3.63, 3.8) is 0 Å². The third-order valence-electron chi connectivity index (χ3n) is 4.51. The summed E-state index contributed by atoms with van der Waals surface area (Å²) in [6.45, 7) is -0.466. The van der Waals surface area contributed by atoms with Crippen LogP contribution in [-0.2, 0) is 11.2 Å². The zero-order valence-corrected chi connectivity index (χ0v) is 14.4. The Kier molecular flexibility index (Phi) is 4.39. The van der Waals surface area contributed by atoms with Crippen molar-refractivity contribution in [2.24, 2.45) is 0 Å². The lowest BCUT2D eigenvalue weighted by molar-refractivity contribution is -0.168. The van der Waals surface area contributed by atoms with E-state index in [0.717, 1.165) is 6.07 Å². The van der Waals surface area contributed by atoms with Crippen LogP contribution in [0.3, 0.4) is 0 Å². The molecule has 0 aliphatic carbocycles. The lowest BCUT2D eigenvalue weighted by Crippen LogP contribution is -2.46. The van der Waals surface area contributed by atoms with E-state index >= 15 is 0 Å². The summed E-state index contributed by atoms with van der Waals surface area (Å²) in [7, 11) is 0. The predicted molar refractivity (Wildman–Crippen MR) is 85.2 cm³/mol. The van der Waals surface area contributed by atoms with E-state index < -0.39 is 54.1 Å². The van der Waals surface area contributed by atoms with E-state index in [1.54, 1.807) is 0 Å². The number of fused-ring (bicyclic) bond motifs is 2. The SMILES string of the molecule is O=C(N[C@H]1COc2cc(F)cc(F)c2NC1=O)c1nc2n(n1)C(C(F)(F)F)CC2. The fourth-order valence-corrected chi connectivity index (χ4v) is 3.14. The first kappa shape index (κ1) is 19.1. The fourth-order valence-electron chi connectivity index (χ4n) is 3.14. The third-order valence-corrected chi connectivity index (χ3v) is 4.51. The van der Waals surface area contributed by atoms with Crippen molar-refractivity contribution in [2.45, 2.75) is 31.1 Å². The maximum Gasteiger partial charge on any atom is 0.410 e. The number of benzene rings is 1. The summed E-state index contributed by atoms with van der Waals surface area (Å²) >= 11 is 0. The lowest BCUT2D eigenvalue weighted by atomic mass is 10.2. The molecule has 8 nitrogen and oxygen atoms in total. The van der Waals surface area contributed by atoms with Crippen molar-refractivity contribution in [2.75, 3.05) is 11.9 Å². The quantitative estimate of drug-likeness (QED) is 0.726. The number of amides is 2. The van der Waals surface area contributed by atoms with Gasteiger partial charge in [0.05, 0.1) is 0 Å². The topological polar surface area (TPSA) is 98.1 Å². The highest BCUT2D eigenvalue weighted by Gasteiger charge is 2.46. The highest BCUT2D eigenvalue weighted by molar-refractivity contribution is 6.01. The number of rotatable bonds is 2. The third kappa shape index (κ3) is 3.47. The molecule has 0 bridgehead atoms. The molecule has 0 spiro atoms. The van der Waals surface area contributed by atoms with E-state index in [2.05, 4.69) is 20.7 Å². The molecule has 3 heterocycles. The zero-order valence-electron chi connectivity index (χ0n) is 14.4. The van der Waals surface area contributed by atoms with E-state index in [-0.39, 0.29) is 30.1 Å². The summed E-state index contributed by atoms with van der Waals surface area (Å²) in [4.78, 5) is 28.4. The number of alkyl halides is 3. The van der Waals surface area contributed by atoms with Crippen molar-refractivity contribution in [1.82, 2.24) is 20.1 Å². The van der Waals surface area contributed by atoms with Crippen LogP contribution in [0.25, 0.3) is 0 Å². The van der Waals surface area contributed by atoms with Crippen molar-refractivity contribution >= 4 is 17.5 Å². The molecular formula is C16H12F5N5O3. The minimum Gasteiger partial charge on any atom is -0.488 e. The van der Waals surface area contributed by atoms with Crippen LogP contribution in [0, 0.1) is 11.6 Å². The molecule has 0 saturated heterocycles. The van der Waals surface area contributed by atoms with Crippen molar-refractivity contribution in [3.05, 3.63) is 35.4 Å². The van der Waals surface area contributed by atoms with Gasteiger partial charge in [-0.15, -0.1) is 5.10 Å². The number of hydrogen-bond acceptors (Lipinski definition) is 5. The fraction of sp³-hybridized carbons (Fsp3) is 0.375. The van der Waals surface area contributed by atoms with Gasteiger partial charge >= 0.3 is 6.18 Å². The summed E-state index contributed by atoms with van der Waals surface area (Å²) in [5.74, 6) is -4.65. The molecule has 1 aromatic carbocycles. The van der Waals surface area contributed by atoms with Gasteiger partial charge in [-0.1, -0.05) is 0 Å². The first-order chi connectivity index (χ1) is 13.6. The van der Waals surface area contributed by atoms with Gasteiger partial charge in [0.15, 0.2) is 5.82 Å². The van der Waals surface area contributed by atoms with Gasteiger partial charge < -0.3 is 15.4 Å². The molecule has 0 saturated carbocycles. The van der Waals surface area contributed by atoms with Crippen LogP contribution >= 0.6 is 0 Å². The van der Waals surface area contributed by atoms with Crippen LogP contribution in [-0.4, -0.2) is 45.4 Å². The monoisotopic (exact) mass is 417 g/mol. The molecular weight excluding hydrogens is 405 g/mol. The van der Waals surface area contributed by atoms with Crippen LogP contribution in [0.1, 0.15) is 28.9 Å². The molecule has 13 heteroatoms. The number of halogens is 5. The number of hydrogen-bond donors (Lipinski definition) is 2. The second kappa shape index (κ2) is 6.67. The Bertz CT molecular complexity index is 1010. The van der Waals surface area contributed by atoms with E-state index in [0.29, 0.717) is 10.7 Å².